The lowest BCUT2D eigenvalue weighted by molar-refractivity contribution is -0.116. The number of nitrogens with zero attached hydrogens (tertiary/aromatic N) is 4. The zero-order valence-corrected chi connectivity index (χ0v) is 18.1. The van der Waals surface area contributed by atoms with Gasteiger partial charge in [-0.05, 0) is 54.4 Å². The summed E-state index contributed by atoms with van der Waals surface area (Å²) in [6.07, 6.45) is 0.791. The Morgan fingerprint density at radius 3 is 2.67 bits per heavy atom. The van der Waals surface area contributed by atoms with E-state index in [9.17, 15) is 9.59 Å². The number of hydrogen-bond donors (Lipinski definition) is 1. The fraction of sp³-hybridized carbons (Fsp3) is 0.238. The van der Waals surface area contributed by atoms with Gasteiger partial charge in [-0.2, -0.15) is 0 Å². The minimum absolute atomic E-state index is 0.0311. The van der Waals surface area contributed by atoms with E-state index in [1.807, 2.05) is 41.9 Å². The number of nitrogens with one attached hydrogen (secondary N) is 1. The van der Waals surface area contributed by atoms with Gasteiger partial charge in [0.1, 0.15) is 0 Å². The van der Waals surface area contributed by atoms with Crippen molar-refractivity contribution in [2.24, 2.45) is 7.05 Å². The maximum atomic E-state index is 12.4. The Kier molecular flexibility index (Phi) is 5.78. The molecule has 0 radical (unpaired) electrons. The van der Waals surface area contributed by atoms with Crippen molar-refractivity contribution in [3.63, 3.8) is 0 Å². The lowest BCUT2D eigenvalue weighted by atomic mass is 10.1. The Morgan fingerprint density at radius 1 is 1.17 bits per heavy atom. The van der Waals surface area contributed by atoms with Crippen LogP contribution < -0.4 is 10.2 Å². The van der Waals surface area contributed by atoms with E-state index >= 15 is 0 Å². The largest absolute Gasteiger partial charge is 0.325 e. The summed E-state index contributed by atoms with van der Waals surface area (Å²) in [4.78, 5) is 25.8. The van der Waals surface area contributed by atoms with Crippen molar-refractivity contribution in [2.75, 3.05) is 22.5 Å². The van der Waals surface area contributed by atoms with Crippen LogP contribution in [0.25, 0.3) is 11.4 Å². The van der Waals surface area contributed by atoms with Gasteiger partial charge in [-0.3, -0.25) is 9.59 Å². The number of carbonyl (C=O) groups is 2. The van der Waals surface area contributed by atoms with Crippen LogP contribution in [0.1, 0.15) is 12.5 Å². The van der Waals surface area contributed by atoms with Crippen LogP contribution in [-0.2, 0) is 23.1 Å². The molecule has 0 saturated heterocycles. The van der Waals surface area contributed by atoms with Crippen LogP contribution in [0.5, 0.6) is 0 Å². The third-order valence-corrected chi connectivity index (χ3v) is 6.18. The zero-order chi connectivity index (χ0) is 21.3. The molecule has 7 nitrogen and oxygen atoms in total. The quantitative estimate of drug-likeness (QED) is 0.609. The predicted octanol–water partition coefficient (Wildman–Crippen LogP) is 3.78. The summed E-state index contributed by atoms with van der Waals surface area (Å²) < 4.78 is 1.85. The van der Waals surface area contributed by atoms with Crippen LogP contribution in [-0.4, -0.2) is 38.9 Å². The molecule has 0 unspecified atom stereocenters. The first-order valence-corrected chi connectivity index (χ1v) is 10.8. The molecule has 1 aromatic heterocycles. The van der Waals surface area contributed by atoms with Gasteiger partial charge in [0, 0.05) is 42.5 Å². The number of anilines is 2. The SMILES string of the molecule is CC(=O)N1CCc2cc(NC(=O)CSc3nnc(-c4ccc(Cl)cc4)n3C)ccc21. The summed E-state index contributed by atoms with van der Waals surface area (Å²) in [5.41, 5.74) is 3.62. The molecule has 9 heteroatoms. The number of hydrogen-bond acceptors (Lipinski definition) is 5. The number of thioether (sulfide) groups is 1. The number of rotatable bonds is 5. The first-order chi connectivity index (χ1) is 14.4. The van der Waals surface area contributed by atoms with Crippen LogP contribution in [0.4, 0.5) is 11.4 Å². The second kappa shape index (κ2) is 8.49. The lowest BCUT2D eigenvalue weighted by Gasteiger charge is -2.15. The fourth-order valence-electron chi connectivity index (χ4n) is 3.42. The van der Waals surface area contributed by atoms with Crippen molar-refractivity contribution in [1.29, 1.82) is 0 Å². The molecule has 1 aliphatic heterocycles. The van der Waals surface area contributed by atoms with Crippen LogP contribution in [0, 0.1) is 0 Å². The summed E-state index contributed by atoms with van der Waals surface area (Å²) in [5.74, 6) is 0.827. The number of amides is 2. The topological polar surface area (TPSA) is 80.1 Å². The van der Waals surface area contributed by atoms with E-state index in [0.717, 1.165) is 28.9 Å². The minimum atomic E-state index is -0.127. The van der Waals surface area contributed by atoms with Crippen molar-refractivity contribution in [2.45, 2.75) is 18.5 Å². The van der Waals surface area contributed by atoms with Crippen LogP contribution >= 0.6 is 23.4 Å². The monoisotopic (exact) mass is 441 g/mol. The molecule has 154 valence electrons. The normalized spacial score (nSPS) is 12.7. The average Bonchev–Trinajstić information content (AvgIpc) is 3.30. The van der Waals surface area contributed by atoms with E-state index in [2.05, 4.69) is 15.5 Å². The van der Waals surface area contributed by atoms with E-state index in [1.54, 1.807) is 24.0 Å². The Morgan fingerprint density at radius 2 is 1.93 bits per heavy atom. The molecule has 2 aromatic carbocycles. The molecule has 0 saturated carbocycles. The van der Waals surface area contributed by atoms with Crippen molar-refractivity contribution >= 4 is 46.6 Å². The van der Waals surface area contributed by atoms with Crippen molar-refractivity contribution in [3.05, 3.63) is 53.1 Å². The van der Waals surface area contributed by atoms with Gasteiger partial charge in [-0.1, -0.05) is 23.4 Å². The summed E-state index contributed by atoms with van der Waals surface area (Å²) >= 11 is 7.26. The van der Waals surface area contributed by atoms with Crippen LogP contribution in [0.2, 0.25) is 5.02 Å². The fourth-order valence-corrected chi connectivity index (χ4v) is 4.26. The molecule has 4 rings (SSSR count). The summed E-state index contributed by atoms with van der Waals surface area (Å²) in [6.45, 7) is 2.24. The van der Waals surface area contributed by atoms with Crippen LogP contribution in [0.15, 0.2) is 47.6 Å². The van der Waals surface area contributed by atoms with Gasteiger partial charge in [0.25, 0.3) is 0 Å². The highest BCUT2D eigenvalue weighted by Crippen LogP contribution is 2.30. The Hall–Kier alpha value is -2.84. The van der Waals surface area contributed by atoms with Crippen molar-refractivity contribution in [3.8, 4) is 11.4 Å². The Bertz CT molecular complexity index is 1110. The number of halogens is 1. The summed E-state index contributed by atoms with van der Waals surface area (Å²) in [7, 11) is 1.87. The van der Waals surface area contributed by atoms with E-state index < -0.39 is 0 Å². The van der Waals surface area contributed by atoms with E-state index in [0.29, 0.717) is 22.5 Å². The molecule has 2 amide bonds. The molecular formula is C21H20ClN5O2S. The van der Waals surface area contributed by atoms with E-state index in [-0.39, 0.29) is 17.6 Å². The molecule has 0 bridgehead atoms. The second-order valence-electron chi connectivity index (χ2n) is 6.97. The second-order valence-corrected chi connectivity index (χ2v) is 8.35. The molecule has 1 aliphatic rings. The van der Waals surface area contributed by atoms with Gasteiger partial charge in [-0.25, -0.2) is 0 Å². The third kappa shape index (κ3) is 4.20. The highest BCUT2D eigenvalue weighted by atomic mass is 35.5. The summed E-state index contributed by atoms with van der Waals surface area (Å²) in [6, 6.07) is 13.0. The highest BCUT2D eigenvalue weighted by molar-refractivity contribution is 7.99. The molecule has 0 spiro atoms. The standard InChI is InChI=1S/C21H20ClN5O2S/c1-13(28)27-10-9-15-11-17(7-8-18(15)27)23-19(29)12-30-21-25-24-20(26(21)2)14-3-5-16(22)6-4-14/h3-8,11H,9-10,12H2,1-2H3,(H,23,29). The van der Waals surface area contributed by atoms with Crippen molar-refractivity contribution in [1.82, 2.24) is 14.8 Å². The van der Waals surface area contributed by atoms with Gasteiger partial charge < -0.3 is 14.8 Å². The molecule has 0 fully saturated rings. The molecule has 0 atom stereocenters. The zero-order valence-electron chi connectivity index (χ0n) is 16.6. The Labute approximate surface area is 183 Å². The van der Waals surface area contributed by atoms with Crippen molar-refractivity contribution < 1.29 is 9.59 Å². The lowest BCUT2D eigenvalue weighted by Crippen LogP contribution is -2.25. The molecule has 2 heterocycles. The smallest absolute Gasteiger partial charge is 0.234 e. The molecule has 30 heavy (non-hydrogen) atoms. The predicted molar refractivity (Wildman–Crippen MR) is 119 cm³/mol. The van der Waals surface area contributed by atoms with Crippen LogP contribution in [0.3, 0.4) is 0 Å². The van der Waals surface area contributed by atoms with Gasteiger partial charge in [0.2, 0.25) is 11.8 Å². The molecule has 1 N–H and O–H groups in total. The number of fused-ring (bicyclic) bond motifs is 1. The number of carbonyl (C=O) groups excluding carboxylic acids is 2. The molecule has 0 aliphatic carbocycles. The highest BCUT2D eigenvalue weighted by Gasteiger charge is 2.22. The number of benzene rings is 2. The number of aromatic nitrogens is 3. The third-order valence-electron chi connectivity index (χ3n) is 4.91. The van der Waals surface area contributed by atoms with Gasteiger partial charge in [0.15, 0.2) is 11.0 Å². The average molecular weight is 442 g/mol. The maximum Gasteiger partial charge on any atom is 0.234 e. The van der Waals surface area contributed by atoms with Gasteiger partial charge >= 0.3 is 0 Å². The van der Waals surface area contributed by atoms with Gasteiger partial charge in [-0.15, -0.1) is 10.2 Å². The molecule has 3 aromatic rings. The van der Waals surface area contributed by atoms with E-state index in [1.165, 1.54) is 11.8 Å². The molecular weight excluding hydrogens is 422 g/mol. The first-order valence-electron chi connectivity index (χ1n) is 9.41. The minimum Gasteiger partial charge on any atom is -0.325 e. The van der Waals surface area contributed by atoms with Gasteiger partial charge in [0.05, 0.1) is 5.75 Å². The maximum absolute atomic E-state index is 12.4. The summed E-state index contributed by atoms with van der Waals surface area (Å²) in [5, 5.41) is 12.6. The Balaban J connectivity index is 1.38. The van der Waals surface area contributed by atoms with E-state index in [4.69, 9.17) is 11.6 Å². The first kappa shape index (κ1) is 20.4.